The van der Waals surface area contributed by atoms with Crippen molar-refractivity contribution in [3.8, 4) is 0 Å². The quantitative estimate of drug-likeness (QED) is 0.845. The second-order valence-electron chi connectivity index (χ2n) is 3.86. The lowest BCUT2D eigenvalue weighted by atomic mass is 10.2. The highest BCUT2D eigenvalue weighted by Gasteiger charge is 2.10. The molecular weight excluding hydrogens is 289 g/mol. The van der Waals surface area contributed by atoms with Crippen molar-refractivity contribution < 1.29 is 9.59 Å². The maximum absolute atomic E-state index is 11.7. The first-order valence-electron chi connectivity index (χ1n) is 5.48. The molecule has 0 aliphatic heterocycles. The number of benzene rings is 1. The second kappa shape index (κ2) is 8.74. The predicted octanol–water partition coefficient (Wildman–Crippen LogP) is 0.795. The zero-order valence-electron chi connectivity index (χ0n) is 10.6. The van der Waals surface area contributed by atoms with E-state index in [4.69, 9.17) is 17.3 Å². The Kier molecular flexibility index (Phi) is 8.14. The molecule has 3 N–H and O–H groups in total. The Hall–Kier alpha value is -1.30. The molecular formula is C12H17Cl2N3O2. The van der Waals surface area contributed by atoms with E-state index in [0.29, 0.717) is 11.6 Å². The van der Waals surface area contributed by atoms with Crippen LogP contribution in [0.15, 0.2) is 24.3 Å². The molecule has 0 aliphatic carbocycles. The Morgan fingerprint density at radius 3 is 2.68 bits per heavy atom. The first-order valence-corrected chi connectivity index (χ1v) is 5.86. The molecule has 0 heterocycles. The molecule has 19 heavy (non-hydrogen) atoms. The molecule has 0 aliphatic rings. The van der Waals surface area contributed by atoms with Crippen LogP contribution in [0.25, 0.3) is 0 Å². The summed E-state index contributed by atoms with van der Waals surface area (Å²) in [7, 11) is 1.66. The molecule has 7 heteroatoms. The van der Waals surface area contributed by atoms with E-state index in [1.54, 1.807) is 19.2 Å². The van der Waals surface area contributed by atoms with Crippen LogP contribution in [-0.4, -0.2) is 36.9 Å². The van der Waals surface area contributed by atoms with Gasteiger partial charge in [-0.05, 0) is 17.7 Å². The predicted molar refractivity (Wildman–Crippen MR) is 77.2 cm³/mol. The van der Waals surface area contributed by atoms with Crippen LogP contribution in [0.5, 0.6) is 0 Å². The van der Waals surface area contributed by atoms with E-state index in [9.17, 15) is 9.59 Å². The zero-order chi connectivity index (χ0) is 13.5. The van der Waals surface area contributed by atoms with Gasteiger partial charge in [0.2, 0.25) is 11.8 Å². The number of hydrogen-bond donors (Lipinski definition) is 2. The highest BCUT2D eigenvalue weighted by atomic mass is 35.5. The van der Waals surface area contributed by atoms with Crippen molar-refractivity contribution >= 4 is 35.8 Å². The first-order chi connectivity index (χ1) is 8.52. The Morgan fingerprint density at radius 2 is 2.11 bits per heavy atom. The summed E-state index contributed by atoms with van der Waals surface area (Å²) in [4.78, 5) is 24.1. The van der Waals surface area contributed by atoms with Gasteiger partial charge in [-0.2, -0.15) is 0 Å². The minimum Gasteiger partial charge on any atom is -0.346 e. The van der Waals surface area contributed by atoms with Crippen molar-refractivity contribution in [1.82, 2.24) is 10.2 Å². The lowest BCUT2D eigenvalue weighted by molar-refractivity contribution is -0.131. The molecule has 0 fully saturated rings. The second-order valence-corrected chi connectivity index (χ2v) is 4.30. The van der Waals surface area contributed by atoms with Gasteiger partial charge in [-0.1, -0.05) is 23.7 Å². The zero-order valence-corrected chi connectivity index (χ0v) is 12.1. The number of nitrogens with two attached hydrogens (primary N) is 1. The summed E-state index contributed by atoms with van der Waals surface area (Å²) in [6.45, 7) is 0.274. The third kappa shape index (κ3) is 6.42. The van der Waals surface area contributed by atoms with Gasteiger partial charge in [0.05, 0.1) is 13.1 Å². The monoisotopic (exact) mass is 305 g/mol. The van der Waals surface area contributed by atoms with Crippen LogP contribution in [0.4, 0.5) is 0 Å². The highest BCUT2D eigenvalue weighted by Crippen LogP contribution is 2.11. The summed E-state index contributed by atoms with van der Waals surface area (Å²) in [5.41, 5.74) is 6.06. The summed E-state index contributed by atoms with van der Waals surface area (Å²) < 4.78 is 0. The molecule has 0 saturated carbocycles. The van der Waals surface area contributed by atoms with Crippen LogP contribution < -0.4 is 11.1 Å². The highest BCUT2D eigenvalue weighted by molar-refractivity contribution is 6.30. The van der Waals surface area contributed by atoms with E-state index in [1.807, 2.05) is 12.1 Å². The number of amides is 2. The van der Waals surface area contributed by atoms with Crippen molar-refractivity contribution in [2.24, 2.45) is 5.73 Å². The van der Waals surface area contributed by atoms with Gasteiger partial charge in [0.1, 0.15) is 0 Å². The average Bonchev–Trinajstić information content (AvgIpc) is 2.35. The Balaban J connectivity index is 0.00000324. The van der Waals surface area contributed by atoms with Crippen molar-refractivity contribution in [3.63, 3.8) is 0 Å². The van der Waals surface area contributed by atoms with Crippen LogP contribution in [0.2, 0.25) is 5.02 Å². The van der Waals surface area contributed by atoms with Crippen LogP contribution >= 0.6 is 24.0 Å². The smallest absolute Gasteiger partial charge is 0.242 e. The van der Waals surface area contributed by atoms with Crippen LogP contribution in [-0.2, 0) is 16.1 Å². The minimum absolute atomic E-state index is 0. The molecule has 1 rings (SSSR count). The van der Waals surface area contributed by atoms with E-state index in [-0.39, 0.29) is 37.3 Å². The maximum Gasteiger partial charge on any atom is 0.242 e. The van der Waals surface area contributed by atoms with Crippen molar-refractivity contribution in [2.45, 2.75) is 6.54 Å². The average molecular weight is 306 g/mol. The van der Waals surface area contributed by atoms with Gasteiger partial charge in [-0.25, -0.2) is 0 Å². The molecule has 0 radical (unpaired) electrons. The molecule has 2 amide bonds. The SMILES string of the molecule is CN(Cc1cccc(Cl)c1)C(=O)CNC(=O)CN.Cl. The number of carbonyl (C=O) groups is 2. The lowest BCUT2D eigenvalue weighted by Crippen LogP contribution is -2.40. The van der Waals surface area contributed by atoms with E-state index in [1.165, 1.54) is 4.90 Å². The maximum atomic E-state index is 11.7. The van der Waals surface area contributed by atoms with Crippen molar-refractivity contribution in [2.75, 3.05) is 20.1 Å². The molecule has 0 bridgehead atoms. The Labute approximate surface area is 123 Å². The summed E-state index contributed by atoms with van der Waals surface area (Å²) >= 11 is 5.86. The van der Waals surface area contributed by atoms with E-state index >= 15 is 0 Å². The number of likely N-dealkylation sites (N-methyl/N-ethyl adjacent to an activating group) is 1. The standard InChI is InChI=1S/C12H16ClN3O2.ClH/c1-16(12(18)7-15-11(17)6-14)8-9-3-2-4-10(13)5-9;/h2-5H,6-8,14H2,1H3,(H,15,17);1H. The molecule has 1 aromatic rings. The van der Waals surface area contributed by atoms with Gasteiger partial charge in [0.25, 0.3) is 0 Å². The molecule has 1 aromatic carbocycles. The third-order valence-electron chi connectivity index (χ3n) is 2.36. The largest absolute Gasteiger partial charge is 0.346 e. The van der Waals surface area contributed by atoms with Crippen LogP contribution in [0.1, 0.15) is 5.56 Å². The molecule has 0 spiro atoms. The van der Waals surface area contributed by atoms with Crippen molar-refractivity contribution in [1.29, 1.82) is 0 Å². The number of rotatable bonds is 5. The van der Waals surface area contributed by atoms with E-state index in [0.717, 1.165) is 5.56 Å². The molecule has 0 saturated heterocycles. The molecule has 106 valence electrons. The Bertz CT molecular complexity index is 441. The summed E-state index contributed by atoms with van der Waals surface area (Å²) in [6, 6.07) is 7.28. The summed E-state index contributed by atoms with van der Waals surface area (Å²) in [6.07, 6.45) is 0. The fraction of sp³-hybridized carbons (Fsp3) is 0.333. The van der Waals surface area contributed by atoms with E-state index < -0.39 is 0 Å². The number of hydrogen-bond acceptors (Lipinski definition) is 3. The van der Waals surface area contributed by atoms with E-state index in [2.05, 4.69) is 5.32 Å². The van der Waals surface area contributed by atoms with Gasteiger partial charge in [0.15, 0.2) is 0 Å². The van der Waals surface area contributed by atoms with Gasteiger partial charge >= 0.3 is 0 Å². The Morgan fingerprint density at radius 1 is 1.42 bits per heavy atom. The minimum atomic E-state index is -0.348. The van der Waals surface area contributed by atoms with Crippen molar-refractivity contribution in [3.05, 3.63) is 34.9 Å². The van der Waals surface area contributed by atoms with Gasteiger partial charge in [-0.15, -0.1) is 12.4 Å². The third-order valence-corrected chi connectivity index (χ3v) is 2.59. The molecule has 0 atom stereocenters. The number of nitrogens with zero attached hydrogens (tertiary/aromatic N) is 1. The van der Waals surface area contributed by atoms with Crippen LogP contribution in [0.3, 0.4) is 0 Å². The number of halogens is 2. The summed E-state index contributed by atoms with van der Waals surface area (Å²) in [5, 5.41) is 3.06. The lowest BCUT2D eigenvalue weighted by Gasteiger charge is -2.17. The summed E-state index contributed by atoms with van der Waals surface area (Å²) in [5.74, 6) is -0.531. The normalized spacial score (nSPS) is 9.42. The topological polar surface area (TPSA) is 75.4 Å². The van der Waals surface area contributed by atoms with Gasteiger partial charge < -0.3 is 16.0 Å². The fourth-order valence-corrected chi connectivity index (χ4v) is 1.59. The molecule has 0 unspecified atom stereocenters. The van der Waals surface area contributed by atoms with Gasteiger partial charge in [-0.3, -0.25) is 9.59 Å². The molecule has 5 nitrogen and oxygen atoms in total. The first kappa shape index (κ1) is 17.7. The van der Waals surface area contributed by atoms with Crippen LogP contribution in [0, 0.1) is 0 Å². The number of nitrogens with one attached hydrogen (secondary N) is 1. The number of carbonyl (C=O) groups excluding carboxylic acids is 2. The fourth-order valence-electron chi connectivity index (χ4n) is 1.38. The molecule has 0 aromatic heterocycles. The van der Waals surface area contributed by atoms with Gasteiger partial charge in [0, 0.05) is 18.6 Å².